The van der Waals surface area contributed by atoms with Crippen LogP contribution in [0.5, 0.6) is 0 Å². The van der Waals surface area contributed by atoms with E-state index in [2.05, 4.69) is 4.98 Å². The summed E-state index contributed by atoms with van der Waals surface area (Å²) >= 11 is 1.38. The van der Waals surface area contributed by atoms with Gasteiger partial charge in [0.1, 0.15) is 0 Å². The highest BCUT2D eigenvalue weighted by atomic mass is 32.2. The summed E-state index contributed by atoms with van der Waals surface area (Å²) in [4.78, 5) is 32.4. The van der Waals surface area contributed by atoms with Crippen LogP contribution in [0.15, 0.2) is 53.7 Å². The number of likely N-dealkylation sites (tertiary alicyclic amines) is 1. The lowest BCUT2D eigenvalue weighted by Crippen LogP contribution is -2.28. The first-order valence-corrected chi connectivity index (χ1v) is 9.33. The van der Waals surface area contributed by atoms with Crippen LogP contribution >= 0.6 is 11.8 Å². The van der Waals surface area contributed by atoms with Crippen molar-refractivity contribution < 1.29 is 9.59 Å². The summed E-state index contributed by atoms with van der Waals surface area (Å²) in [6, 6.07) is 13.1. The number of carbonyl (C=O) groups is 2. The predicted octanol–water partition coefficient (Wildman–Crippen LogP) is 3.07. The Labute approximate surface area is 152 Å². The number of nitrogens with zero attached hydrogens (tertiary/aromatic N) is 3. The first kappa shape index (κ1) is 17.5. The van der Waals surface area contributed by atoms with Gasteiger partial charge in [-0.1, -0.05) is 30.0 Å². The zero-order valence-corrected chi connectivity index (χ0v) is 15.0. The van der Waals surface area contributed by atoms with Gasteiger partial charge in [0, 0.05) is 32.0 Å². The van der Waals surface area contributed by atoms with Crippen molar-refractivity contribution in [1.29, 1.82) is 0 Å². The number of hydrogen-bond acceptors (Lipinski definition) is 4. The predicted molar refractivity (Wildman–Crippen MR) is 100.0 cm³/mol. The monoisotopic (exact) mass is 355 g/mol. The van der Waals surface area contributed by atoms with Gasteiger partial charge in [-0.3, -0.25) is 9.59 Å². The number of aromatic nitrogens is 1. The molecule has 2 aromatic rings. The third kappa shape index (κ3) is 4.39. The van der Waals surface area contributed by atoms with Crippen molar-refractivity contribution in [3.63, 3.8) is 0 Å². The van der Waals surface area contributed by atoms with Gasteiger partial charge in [-0.25, -0.2) is 4.98 Å². The molecule has 2 amide bonds. The summed E-state index contributed by atoms with van der Waals surface area (Å²) in [7, 11) is 1.77. The Morgan fingerprint density at radius 3 is 2.48 bits per heavy atom. The van der Waals surface area contributed by atoms with Gasteiger partial charge in [-0.2, -0.15) is 0 Å². The van der Waals surface area contributed by atoms with Gasteiger partial charge in [0.05, 0.1) is 16.3 Å². The molecule has 6 heteroatoms. The van der Waals surface area contributed by atoms with Crippen molar-refractivity contribution in [1.82, 2.24) is 9.88 Å². The summed E-state index contributed by atoms with van der Waals surface area (Å²) in [6.07, 6.45) is 3.75. The number of amides is 2. The molecular formula is C19H21N3O2S. The number of hydrogen-bond donors (Lipinski definition) is 0. The van der Waals surface area contributed by atoms with Crippen molar-refractivity contribution in [3.05, 3.63) is 54.2 Å². The third-order valence-electron chi connectivity index (χ3n) is 4.24. The molecule has 1 aromatic heterocycles. The van der Waals surface area contributed by atoms with Crippen LogP contribution in [-0.2, 0) is 4.79 Å². The zero-order valence-electron chi connectivity index (χ0n) is 14.2. The second-order valence-corrected chi connectivity index (χ2v) is 6.96. The van der Waals surface area contributed by atoms with Gasteiger partial charge in [-0.05, 0) is 37.1 Å². The van der Waals surface area contributed by atoms with Crippen molar-refractivity contribution >= 4 is 29.3 Å². The van der Waals surface area contributed by atoms with Gasteiger partial charge in [0.15, 0.2) is 0 Å². The van der Waals surface area contributed by atoms with Crippen molar-refractivity contribution in [2.45, 2.75) is 17.9 Å². The highest BCUT2D eigenvalue weighted by Gasteiger charge is 2.19. The van der Waals surface area contributed by atoms with E-state index in [1.54, 1.807) is 24.2 Å². The Morgan fingerprint density at radius 1 is 1.12 bits per heavy atom. The molecule has 1 saturated heterocycles. The van der Waals surface area contributed by atoms with Gasteiger partial charge < -0.3 is 9.80 Å². The molecule has 0 saturated carbocycles. The standard InChI is InChI=1S/C19H21N3O2S/c1-21(16-7-3-2-4-8-16)18(23)14-25-17-10-9-15(13-20-17)19(24)22-11-5-6-12-22/h2-4,7-10,13H,5-6,11-12,14H2,1H3. The molecule has 0 atom stereocenters. The Morgan fingerprint density at radius 2 is 1.84 bits per heavy atom. The number of pyridine rings is 1. The fourth-order valence-corrected chi connectivity index (χ4v) is 3.48. The van der Waals surface area contributed by atoms with E-state index in [0.29, 0.717) is 11.3 Å². The summed E-state index contributed by atoms with van der Waals surface area (Å²) in [6.45, 7) is 1.66. The highest BCUT2D eigenvalue weighted by molar-refractivity contribution is 7.99. The van der Waals surface area contributed by atoms with E-state index < -0.39 is 0 Å². The Balaban J connectivity index is 1.55. The number of benzene rings is 1. The third-order valence-corrected chi connectivity index (χ3v) is 5.17. The second kappa shape index (κ2) is 8.16. The number of rotatable bonds is 5. The number of thioether (sulfide) groups is 1. The van der Waals surface area contributed by atoms with Crippen LogP contribution in [0.2, 0.25) is 0 Å². The number of para-hydroxylation sites is 1. The largest absolute Gasteiger partial charge is 0.339 e. The molecule has 1 aliphatic rings. The molecule has 0 bridgehead atoms. The van der Waals surface area contributed by atoms with Crippen LogP contribution in [-0.4, -0.2) is 47.6 Å². The first-order valence-electron chi connectivity index (χ1n) is 8.35. The minimum absolute atomic E-state index is 0.00946. The lowest BCUT2D eigenvalue weighted by Gasteiger charge is -2.17. The van der Waals surface area contributed by atoms with Crippen LogP contribution in [0.1, 0.15) is 23.2 Å². The molecule has 0 N–H and O–H groups in total. The van der Waals surface area contributed by atoms with Gasteiger partial charge in [0.25, 0.3) is 5.91 Å². The summed E-state index contributed by atoms with van der Waals surface area (Å²) < 4.78 is 0. The molecule has 0 radical (unpaired) electrons. The normalized spacial score (nSPS) is 13.7. The van der Waals surface area contributed by atoms with Crippen LogP contribution in [0.3, 0.4) is 0 Å². The van der Waals surface area contributed by atoms with E-state index in [0.717, 1.165) is 36.6 Å². The Kier molecular flexibility index (Phi) is 5.71. The number of anilines is 1. The molecule has 1 aromatic carbocycles. The topological polar surface area (TPSA) is 53.5 Å². The molecule has 2 heterocycles. The lowest BCUT2D eigenvalue weighted by molar-refractivity contribution is -0.115. The van der Waals surface area contributed by atoms with E-state index in [1.807, 2.05) is 41.3 Å². The Bertz CT molecular complexity index is 728. The molecule has 0 unspecified atom stereocenters. The molecule has 1 fully saturated rings. The summed E-state index contributed by atoms with van der Waals surface area (Å²) in [5.74, 6) is 0.356. The van der Waals surface area contributed by atoms with Gasteiger partial charge in [-0.15, -0.1) is 0 Å². The average Bonchev–Trinajstić information content (AvgIpc) is 3.21. The molecule has 5 nitrogen and oxygen atoms in total. The molecule has 0 spiro atoms. The smallest absolute Gasteiger partial charge is 0.255 e. The van der Waals surface area contributed by atoms with Crippen molar-refractivity contribution in [2.75, 3.05) is 30.8 Å². The fraction of sp³-hybridized carbons (Fsp3) is 0.316. The van der Waals surface area contributed by atoms with Crippen LogP contribution < -0.4 is 4.90 Å². The molecule has 3 rings (SSSR count). The average molecular weight is 355 g/mol. The summed E-state index contributed by atoms with van der Waals surface area (Å²) in [5.41, 5.74) is 1.48. The lowest BCUT2D eigenvalue weighted by atomic mass is 10.2. The maximum absolute atomic E-state index is 12.3. The SMILES string of the molecule is CN(C(=O)CSc1ccc(C(=O)N2CCCC2)cn1)c1ccccc1. The maximum atomic E-state index is 12.3. The van der Waals surface area contributed by atoms with Crippen molar-refractivity contribution in [2.24, 2.45) is 0 Å². The zero-order chi connectivity index (χ0) is 17.6. The Hall–Kier alpha value is -2.34. The summed E-state index contributed by atoms with van der Waals surface area (Å²) in [5, 5.41) is 0.743. The van der Waals surface area contributed by atoms with Gasteiger partial charge in [0.2, 0.25) is 5.91 Å². The second-order valence-electron chi connectivity index (χ2n) is 5.96. The molecular weight excluding hydrogens is 334 g/mol. The van der Waals surface area contributed by atoms with E-state index >= 15 is 0 Å². The van der Waals surface area contributed by atoms with E-state index in [1.165, 1.54) is 11.8 Å². The fourth-order valence-electron chi connectivity index (χ4n) is 2.72. The van der Waals surface area contributed by atoms with E-state index in [9.17, 15) is 9.59 Å². The van der Waals surface area contributed by atoms with Crippen LogP contribution in [0.4, 0.5) is 5.69 Å². The minimum atomic E-state index is 0.00946. The molecule has 0 aliphatic carbocycles. The maximum Gasteiger partial charge on any atom is 0.255 e. The van der Waals surface area contributed by atoms with Crippen LogP contribution in [0, 0.1) is 0 Å². The quantitative estimate of drug-likeness (QED) is 0.774. The van der Waals surface area contributed by atoms with Crippen molar-refractivity contribution in [3.8, 4) is 0 Å². The number of carbonyl (C=O) groups excluding carboxylic acids is 2. The molecule has 1 aliphatic heterocycles. The minimum Gasteiger partial charge on any atom is -0.339 e. The molecule has 25 heavy (non-hydrogen) atoms. The first-order chi connectivity index (χ1) is 12.1. The van der Waals surface area contributed by atoms with E-state index in [4.69, 9.17) is 0 Å². The highest BCUT2D eigenvalue weighted by Crippen LogP contribution is 2.19. The van der Waals surface area contributed by atoms with Crippen LogP contribution in [0.25, 0.3) is 0 Å². The van der Waals surface area contributed by atoms with Gasteiger partial charge >= 0.3 is 0 Å². The van der Waals surface area contributed by atoms with E-state index in [-0.39, 0.29) is 11.8 Å². The molecule has 130 valence electrons.